The highest BCUT2D eigenvalue weighted by atomic mass is 19.3. The first-order valence-corrected chi connectivity index (χ1v) is 6.72. The lowest BCUT2D eigenvalue weighted by Gasteiger charge is -2.25. The standard InChI is InChI=1S/C15H21F2N/c1-12-4-6-13(7-5-12)11-15(16,17)14-3-2-9-18-10-8-14/h4-7,14,18H,2-3,8-11H2,1H3. The Hall–Kier alpha value is -0.960. The number of rotatable bonds is 3. The third kappa shape index (κ3) is 3.52. The van der Waals surface area contributed by atoms with Crippen molar-refractivity contribution in [1.29, 1.82) is 0 Å². The molecule has 1 unspecified atom stereocenters. The number of alkyl halides is 2. The van der Waals surface area contributed by atoms with Gasteiger partial charge in [0.2, 0.25) is 0 Å². The monoisotopic (exact) mass is 253 g/mol. The molecule has 1 aliphatic heterocycles. The molecular formula is C15H21F2N. The molecule has 1 aromatic rings. The van der Waals surface area contributed by atoms with Gasteiger partial charge in [0.1, 0.15) is 0 Å². The number of aryl methyl sites for hydroxylation is 1. The van der Waals surface area contributed by atoms with Crippen molar-refractivity contribution < 1.29 is 8.78 Å². The quantitative estimate of drug-likeness (QED) is 0.868. The van der Waals surface area contributed by atoms with Gasteiger partial charge in [-0.1, -0.05) is 29.8 Å². The Balaban J connectivity index is 2.02. The highest BCUT2D eigenvalue weighted by Gasteiger charge is 2.39. The predicted molar refractivity (Wildman–Crippen MR) is 70.0 cm³/mol. The molecule has 100 valence electrons. The summed E-state index contributed by atoms with van der Waals surface area (Å²) in [6.07, 6.45) is 1.94. The minimum absolute atomic E-state index is 0.127. The van der Waals surface area contributed by atoms with Crippen molar-refractivity contribution >= 4 is 0 Å². The van der Waals surface area contributed by atoms with E-state index in [9.17, 15) is 8.78 Å². The molecular weight excluding hydrogens is 232 g/mol. The number of hydrogen-bond donors (Lipinski definition) is 1. The Morgan fingerprint density at radius 3 is 2.61 bits per heavy atom. The lowest BCUT2D eigenvalue weighted by molar-refractivity contribution is -0.0616. The fraction of sp³-hybridized carbons (Fsp3) is 0.600. The van der Waals surface area contributed by atoms with Crippen LogP contribution in [0, 0.1) is 12.8 Å². The normalized spacial score (nSPS) is 21.6. The fourth-order valence-corrected chi connectivity index (χ4v) is 2.56. The number of nitrogens with one attached hydrogen (secondary N) is 1. The summed E-state index contributed by atoms with van der Waals surface area (Å²) in [5, 5.41) is 3.19. The largest absolute Gasteiger partial charge is 0.317 e. The van der Waals surface area contributed by atoms with E-state index in [4.69, 9.17) is 0 Å². The van der Waals surface area contributed by atoms with Crippen LogP contribution >= 0.6 is 0 Å². The molecule has 1 fully saturated rings. The van der Waals surface area contributed by atoms with Crippen molar-refractivity contribution in [3.63, 3.8) is 0 Å². The maximum Gasteiger partial charge on any atom is 0.254 e. The zero-order valence-corrected chi connectivity index (χ0v) is 10.9. The van der Waals surface area contributed by atoms with Gasteiger partial charge in [-0.15, -0.1) is 0 Å². The van der Waals surface area contributed by atoms with E-state index in [0.717, 1.165) is 24.1 Å². The van der Waals surface area contributed by atoms with E-state index in [1.807, 2.05) is 31.2 Å². The van der Waals surface area contributed by atoms with Gasteiger partial charge in [-0.25, -0.2) is 8.78 Å². The minimum atomic E-state index is -2.58. The Bertz CT molecular complexity index is 365. The van der Waals surface area contributed by atoms with Crippen LogP contribution in [-0.4, -0.2) is 19.0 Å². The van der Waals surface area contributed by atoms with Gasteiger partial charge in [0.05, 0.1) is 0 Å². The lowest BCUT2D eigenvalue weighted by Crippen LogP contribution is -2.31. The Morgan fingerprint density at radius 1 is 1.17 bits per heavy atom. The number of halogens is 2. The van der Waals surface area contributed by atoms with Crippen LogP contribution in [-0.2, 0) is 6.42 Å². The summed E-state index contributed by atoms with van der Waals surface area (Å²) >= 11 is 0. The molecule has 1 saturated heterocycles. The van der Waals surface area contributed by atoms with Crippen LogP contribution < -0.4 is 5.32 Å². The van der Waals surface area contributed by atoms with Gasteiger partial charge in [-0.3, -0.25) is 0 Å². The van der Waals surface area contributed by atoms with E-state index in [-0.39, 0.29) is 6.42 Å². The Morgan fingerprint density at radius 2 is 1.89 bits per heavy atom. The van der Waals surface area contributed by atoms with Crippen molar-refractivity contribution in [3.05, 3.63) is 35.4 Å². The average molecular weight is 253 g/mol. The van der Waals surface area contributed by atoms with Crippen molar-refractivity contribution in [2.24, 2.45) is 5.92 Å². The molecule has 2 rings (SSSR count). The summed E-state index contributed by atoms with van der Waals surface area (Å²) in [5.74, 6) is -3.06. The molecule has 1 nitrogen and oxygen atoms in total. The van der Waals surface area contributed by atoms with Gasteiger partial charge in [0.25, 0.3) is 5.92 Å². The van der Waals surface area contributed by atoms with Gasteiger partial charge in [0.15, 0.2) is 0 Å². The van der Waals surface area contributed by atoms with E-state index in [2.05, 4.69) is 5.32 Å². The van der Waals surface area contributed by atoms with Gasteiger partial charge in [-0.2, -0.15) is 0 Å². The summed E-state index contributed by atoms with van der Waals surface area (Å²) < 4.78 is 28.5. The molecule has 0 aliphatic carbocycles. The van der Waals surface area contributed by atoms with Gasteiger partial charge in [0, 0.05) is 12.3 Å². The summed E-state index contributed by atoms with van der Waals surface area (Å²) in [6.45, 7) is 3.56. The molecule has 1 atom stereocenters. The van der Waals surface area contributed by atoms with Crippen LogP contribution in [0.15, 0.2) is 24.3 Å². The van der Waals surface area contributed by atoms with Gasteiger partial charge < -0.3 is 5.32 Å². The van der Waals surface area contributed by atoms with Gasteiger partial charge in [-0.05, 0) is 44.8 Å². The average Bonchev–Trinajstić information content (AvgIpc) is 2.61. The van der Waals surface area contributed by atoms with E-state index < -0.39 is 11.8 Å². The van der Waals surface area contributed by atoms with E-state index in [0.29, 0.717) is 19.4 Å². The minimum Gasteiger partial charge on any atom is -0.317 e. The van der Waals surface area contributed by atoms with Crippen LogP contribution in [0.25, 0.3) is 0 Å². The smallest absolute Gasteiger partial charge is 0.254 e. The van der Waals surface area contributed by atoms with Crippen LogP contribution in [0.2, 0.25) is 0 Å². The van der Waals surface area contributed by atoms with Crippen molar-refractivity contribution in [3.8, 4) is 0 Å². The molecule has 0 amide bonds. The highest BCUT2D eigenvalue weighted by Crippen LogP contribution is 2.34. The first-order valence-electron chi connectivity index (χ1n) is 6.72. The molecule has 1 aliphatic rings. The SMILES string of the molecule is Cc1ccc(CC(F)(F)C2CCCNCC2)cc1. The summed E-state index contributed by atoms with van der Waals surface area (Å²) in [4.78, 5) is 0. The second kappa shape index (κ2) is 5.79. The van der Waals surface area contributed by atoms with Crippen LogP contribution in [0.5, 0.6) is 0 Å². The third-order valence-corrected chi connectivity index (χ3v) is 3.73. The van der Waals surface area contributed by atoms with Crippen molar-refractivity contribution in [1.82, 2.24) is 5.32 Å². The highest BCUT2D eigenvalue weighted by molar-refractivity contribution is 5.22. The second-order valence-corrected chi connectivity index (χ2v) is 5.30. The van der Waals surface area contributed by atoms with Crippen LogP contribution in [0.3, 0.4) is 0 Å². The molecule has 0 bridgehead atoms. The Labute approximate surface area is 108 Å². The summed E-state index contributed by atoms with van der Waals surface area (Å²) in [7, 11) is 0. The molecule has 0 aromatic heterocycles. The molecule has 1 heterocycles. The number of hydrogen-bond acceptors (Lipinski definition) is 1. The lowest BCUT2D eigenvalue weighted by atomic mass is 9.89. The zero-order valence-electron chi connectivity index (χ0n) is 10.9. The molecule has 3 heteroatoms. The van der Waals surface area contributed by atoms with Crippen LogP contribution in [0.1, 0.15) is 30.4 Å². The predicted octanol–water partition coefficient (Wildman–Crippen LogP) is 3.56. The first kappa shape index (κ1) is 13.5. The van der Waals surface area contributed by atoms with Crippen molar-refractivity contribution in [2.45, 2.75) is 38.5 Å². The summed E-state index contributed by atoms with van der Waals surface area (Å²) in [5.41, 5.74) is 1.85. The molecule has 18 heavy (non-hydrogen) atoms. The van der Waals surface area contributed by atoms with E-state index in [1.54, 1.807) is 0 Å². The van der Waals surface area contributed by atoms with Crippen LogP contribution in [0.4, 0.5) is 8.78 Å². The molecule has 0 radical (unpaired) electrons. The maximum absolute atomic E-state index is 14.2. The topological polar surface area (TPSA) is 12.0 Å². The van der Waals surface area contributed by atoms with Crippen molar-refractivity contribution in [2.75, 3.05) is 13.1 Å². The fourth-order valence-electron chi connectivity index (χ4n) is 2.56. The second-order valence-electron chi connectivity index (χ2n) is 5.30. The molecule has 0 saturated carbocycles. The Kier molecular flexibility index (Phi) is 4.33. The summed E-state index contributed by atoms with van der Waals surface area (Å²) in [6, 6.07) is 7.44. The molecule has 1 N–H and O–H groups in total. The number of benzene rings is 1. The van der Waals surface area contributed by atoms with E-state index >= 15 is 0 Å². The maximum atomic E-state index is 14.2. The van der Waals surface area contributed by atoms with E-state index in [1.165, 1.54) is 0 Å². The molecule has 1 aromatic carbocycles. The third-order valence-electron chi connectivity index (χ3n) is 3.73. The molecule has 0 spiro atoms. The van der Waals surface area contributed by atoms with Gasteiger partial charge >= 0.3 is 0 Å². The zero-order chi connectivity index (χ0) is 13.0. The first-order chi connectivity index (χ1) is 8.58.